The van der Waals surface area contributed by atoms with Crippen molar-refractivity contribution in [2.45, 2.75) is 25.4 Å². The minimum absolute atomic E-state index is 0.580. The van der Waals surface area contributed by atoms with Gasteiger partial charge in [0, 0.05) is 37.7 Å². The van der Waals surface area contributed by atoms with Gasteiger partial charge in [-0.15, -0.1) is 0 Å². The number of rotatable bonds is 7. The molecule has 0 unspecified atom stereocenters. The van der Waals surface area contributed by atoms with E-state index in [9.17, 15) is 0 Å². The Hall–Kier alpha value is -1.13. The fourth-order valence-electron chi connectivity index (χ4n) is 1.46. The smallest absolute Gasteiger partial charge is 0.126 e. The van der Waals surface area contributed by atoms with E-state index in [0.717, 1.165) is 17.9 Å². The summed E-state index contributed by atoms with van der Waals surface area (Å²) in [5.74, 6) is 0.903. The highest BCUT2D eigenvalue weighted by Crippen LogP contribution is 2.21. The molecule has 1 fully saturated rings. The van der Waals surface area contributed by atoms with Crippen LogP contribution in [0.25, 0.3) is 0 Å². The number of nitrogens with one attached hydrogen (secondary N) is 1. The maximum Gasteiger partial charge on any atom is 0.126 e. The van der Waals surface area contributed by atoms with Crippen LogP contribution in [0.1, 0.15) is 18.4 Å². The normalized spacial score (nSPS) is 15.1. The number of aromatic nitrogens is 1. The van der Waals surface area contributed by atoms with Crippen LogP contribution in [0.2, 0.25) is 0 Å². The molecule has 1 aromatic heterocycles. The van der Waals surface area contributed by atoms with Crippen molar-refractivity contribution < 1.29 is 9.47 Å². The van der Waals surface area contributed by atoms with Gasteiger partial charge in [0.15, 0.2) is 0 Å². The van der Waals surface area contributed by atoms with Crippen molar-refractivity contribution in [1.29, 1.82) is 0 Å². The van der Waals surface area contributed by atoms with Gasteiger partial charge in [0.05, 0.1) is 6.61 Å². The summed E-state index contributed by atoms with van der Waals surface area (Å²) in [7, 11) is 1.67. The van der Waals surface area contributed by atoms with E-state index >= 15 is 0 Å². The number of ether oxygens (including phenoxy) is 2. The van der Waals surface area contributed by atoms with Gasteiger partial charge in [-0.1, -0.05) is 0 Å². The first-order chi connectivity index (χ1) is 7.90. The zero-order valence-corrected chi connectivity index (χ0v) is 9.61. The van der Waals surface area contributed by atoms with Crippen LogP contribution in [0.3, 0.4) is 0 Å². The van der Waals surface area contributed by atoms with Crippen molar-refractivity contribution in [3.8, 4) is 5.75 Å². The summed E-state index contributed by atoms with van der Waals surface area (Å²) in [5.41, 5.74) is 1.12. The minimum atomic E-state index is 0.580. The van der Waals surface area contributed by atoms with E-state index < -0.39 is 0 Å². The van der Waals surface area contributed by atoms with Crippen molar-refractivity contribution in [2.24, 2.45) is 0 Å². The summed E-state index contributed by atoms with van der Waals surface area (Å²) in [4.78, 5) is 4.12. The molecule has 4 nitrogen and oxygen atoms in total. The van der Waals surface area contributed by atoms with E-state index in [1.54, 1.807) is 13.3 Å². The highest BCUT2D eigenvalue weighted by atomic mass is 16.5. The molecule has 0 aromatic carbocycles. The average molecular weight is 222 g/mol. The monoisotopic (exact) mass is 222 g/mol. The van der Waals surface area contributed by atoms with Crippen molar-refractivity contribution in [3.05, 3.63) is 24.0 Å². The number of pyridine rings is 1. The first kappa shape index (κ1) is 11.4. The van der Waals surface area contributed by atoms with E-state index in [2.05, 4.69) is 10.3 Å². The molecule has 0 spiro atoms. The molecular weight excluding hydrogens is 204 g/mol. The molecule has 16 heavy (non-hydrogen) atoms. The van der Waals surface area contributed by atoms with Gasteiger partial charge in [-0.3, -0.25) is 4.98 Å². The lowest BCUT2D eigenvalue weighted by molar-refractivity contribution is 0.145. The molecular formula is C12H18N2O2. The van der Waals surface area contributed by atoms with E-state index in [1.807, 2.05) is 12.3 Å². The number of hydrogen-bond donors (Lipinski definition) is 1. The maximum absolute atomic E-state index is 5.63. The molecule has 88 valence electrons. The third-order valence-electron chi connectivity index (χ3n) is 2.56. The predicted molar refractivity (Wildman–Crippen MR) is 61.5 cm³/mol. The molecule has 0 bridgehead atoms. The maximum atomic E-state index is 5.63. The fourth-order valence-corrected chi connectivity index (χ4v) is 1.46. The zero-order chi connectivity index (χ0) is 11.2. The molecule has 0 amide bonds. The second-order valence-corrected chi connectivity index (χ2v) is 3.98. The molecule has 0 saturated heterocycles. The number of hydrogen-bond acceptors (Lipinski definition) is 4. The zero-order valence-electron chi connectivity index (χ0n) is 9.61. The molecule has 0 radical (unpaired) electrons. The highest BCUT2D eigenvalue weighted by Gasteiger charge is 2.20. The Balaban J connectivity index is 1.87. The Bertz CT molecular complexity index is 327. The van der Waals surface area contributed by atoms with Crippen molar-refractivity contribution in [3.63, 3.8) is 0 Å². The average Bonchev–Trinajstić information content (AvgIpc) is 3.12. The standard InChI is InChI=1S/C12H18N2O2/c1-15-6-7-16-12-4-5-13-8-10(12)9-14-11-2-3-11/h4-5,8,11,14H,2-3,6-7,9H2,1H3. The fraction of sp³-hybridized carbons (Fsp3) is 0.583. The van der Waals surface area contributed by atoms with Gasteiger partial charge in [0.1, 0.15) is 12.4 Å². The van der Waals surface area contributed by atoms with Crippen LogP contribution < -0.4 is 10.1 Å². The summed E-state index contributed by atoms with van der Waals surface area (Å²) in [5, 5.41) is 3.45. The van der Waals surface area contributed by atoms with E-state index in [0.29, 0.717) is 19.3 Å². The Morgan fingerprint density at radius 3 is 3.06 bits per heavy atom. The molecule has 1 saturated carbocycles. The molecule has 0 atom stereocenters. The lowest BCUT2D eigenvalue weighted by Crippen LogP contribution is -2.16. The lowest BCUT2D eigenvalue weighted by Gasteiger charge is -2.10. The van der Waals surface area contributed by atoms with Crippen molar-refractivity contribution >= 4 is 0 Å². The Labute approximate surface area is 96.0 Å². The first-order valence-electron chi connectivity index (χ1n) is 5.68. The van der Waals surface area contributed by atoms with Crippen LogP contribution in [0.5, 0.6) is 5.75 Å². The van der Waals surface area contributed by atoms with Crippen LogP contribution in [0.15, 0.2) is 18.5 Å². The Morgan fingerprint density at radius 2 is 2.31 bits per heavy atom. The SMILES string of the molecule is COCCOc1ccncc1CNC1CC1. The number of nitrogens with zero attached hydrogens (tertiary/aromatic N) is 1. The molecule has 4 heteroatoms. The largest absolute Gasteiger partial charge is 0.491 e. The minimum Gasteiger partial charge on any atom is -0.491 e. The molecule has 1 aromatic rings. The summed E-state index contributed by atoms with van der Waals surface area (Å²) < 4.78 is 10.6. The van der Waals surface area contributed by atoms with E-state index in [1.165, 1.54) is 12.8 Å². The number of methoxy groups -OCH3 is 1. The van der Waals surface area contributed by atoms with Gasteiger partial charge >= 0.3 is 0 Å². The summed E-state index contributed by atoms with van der Waals surface area (Å²) in [6, 6.07) is 2.60. The van der Waals surface area contributed by atoms with Gasteiger partial charge in [0.25, 0.3) is 0 Å². The van der Waals surface area contributed by atoms with E-state index in [-0.39, 0.29) is 0 Å². The van der Waals surface area contributed by atoms with Gasteiger partial charge in [0.2, 0.25) is 0 Å². The van der Waals surface area contributed by atoms with Crippen LogP contribution >= 0.6 is 0 Å². The van der Waals surface area contributed by atoms with Crippen LogP contribution in [-0.4, -0.2) is 31.3 Å². The van der Waals surface area contributed by atoms with Gasteiger partial charge in [-0.05, 0) is 18.9 Å². The van der Waals surface area contributed by atoms with Gasteiger partial charge in [-0.25, -0.2) is 0 Å². The lowest BCUT2D eigenvalue weighted by atomic mass is 10.2. The molecule has 1 aliphatic rings. The third kappa shape index (κ3) is 3.47. The van der Waals surface area contributed by atoms with E-state index in [4.69, 9.17) is 9.47 Å². The molecule has 1 aliphatic carbocycles. The second kappa shape index (κ2) is 5.82. The predicted octanol–water partition coefficient (Wildman–Crippen LogP) is 1.36. The van der Waals surface area contributed by atoms with Crippen molar-refractivity contribution in [2.75, 3.05) is 20.3 Å². The quantitative estimate of drug-likeness (QED) is 0.707. The summed E-state index contributed by atoms with van der Waals surface area (Å²) >= 11 is 0. The first-order valence-corrected chi connectivity index (χ1v) is 5.68. The van der Waals surface area contributed by atoms with Crippen LogP contribution in [0, 0.1) is 0 Å². The molecule has 1 heterocycles. The summed E-state index contributed by atoms with van der Waals surface area (Å²) in [6.07, 6.45) is 6.19. The topological polar surface area (TPSA) is 43.4 Å². The van der Waals surface area contributed by atoms with Crippen LogP contribution in [0.4, 0.5) is 0 Å². The Kier molecular flexibility index (Phi) is 4.13. The van der Waals surface area contributed by atoms with Gasteiger partial charge in [-0.2, -0.15) is 0 Å². The third-order valence-corrected chi connectivity index (χ3v) is 2.56. The molecule has 1 N–H and O–H groups in total. The Morgan fingerprint density at radius 1 is 1.44 bits per heavy atom. The van der Waals surface area contributed by atoms with Crippen molar-refractivity contribution in [1.82, 2.24) is 10.3 Å². The molecule has 0 aliphatic heterocycles. The highest BCUT2D eigenvalue weighted by molar-refractivity contribution is 5.30. The molecule has 2 rings (SSSR count). The summed E-state index contributed by atoms with van der Waals surface area (Å²) in [6.45, 7) is 2.02. The second-order valence-electron chi connectivity index (χ2n) is 3.98. The van der Waals surface area contributed by atoms with Crippen LogP contribution in [-0.2, 0) is 11.3 Å². The van der Waals surface area contributed by atoms with Gasteiger partial charge < -0.3 is 14.8 Å².